The van der Waals surface area contributed by atoms with E-state index in [1.165, 1.54) is 25.2 Å². The van der Waals surface area contributed by atoms with Crippen molar-refractivity contribution in [2.24, 2.45) is 0 Å². The molecule has 25 heavy (non-hydrogen) atoms. The molecule has 1 aromatic heterocycles. The van der Waals surface area contributed by atoms with Gasteiger partial charge in [0.1, 0.15) is 5.76 Å². The molecule has 2 rings (SSSR count). The third-order valence-corrected chi connectivity index (χ3v) is 3.59. The average molecular weight is 344 g/mol. The molecule has 132 valence electrons. The maximum absolute atomic E-state index is 12.2. The maximum Gasteiger partial charge on any atom is 0.339 e. The summed E-state index contributed by atoms with van der Waals surface area (Å²) in [5.41, 5.74) is 0.650. The number of carbonyl (C=O) groups is 3. The second-order valence-electron chi connectivity index (χ2n) is 5.36. The van der Waals surface area contributed by atoms with Gasteiger partial charge < -0.3 is 19.4 Å². The van der Waals surface area contributed by atoms with Crippen LogP contribution in [0.4, 0.5) is 5.69 Å². The smallest absolute Gasteiger partial charge is 0.339 e. The highest BCUT2D eigenvalue weighted by Crippen LogP contribution is 2.16. The SMILES string of the molecule is COC(=O)c1ccccc1NC(=O)CCN(Cc1ccco1)C(C)=O. The number of amides is 2. The third kappa shape index (κ3) is 5.20. The van der Waals surface area contributed by atoms with Gasteiger partial charge in [0.05, 0.1) is 31.2 Å². The molecule has 7 nitrogen and oxygen atoms in total. The lowest BCUT2D eigenvalue weighted by Gasteiger charge is -2.19. The van der Waals surface area contributed by atoms with E-state index in [1.807, 2.05) is 0 Å². The highest BCUT2D eigenvalue weighted by molar-refractivity contribution is 6.01. The molecule has 0 atom stereocenters. The van der Waals surface area contributed by atoms with Crippen LogP contribution in [0.5, 0.6) is 0 Å². The zero-order valence-corrected chi connectivity index (χ0v) is 14.2. The van der Waals surface area contributed by atoms with Gasteiger partial charge in [0.15, 0.2) is 0 Å². The van der Waals surface area contributed by atoms with Gasteiger partial charge in [-0.3, -0.25) is 9.59 Å². The van der Waals surface area contributed by atoms with Crippen LogP contribution in [0.2, 0.25) is 0 Å². The summed E-state index contributed by atoms with van der Waals surface area (Å²) in [6.45, 7) is 1.98. The summed E-state index contributed by atoms with van der Waals surface area (Å²) in [6.07, 6.45) is 1.62. The predicted molar refractivity (Wildman–Crippen MR) is 90.8 cm³/mol. The normalized spacial score (nSPS) is 10.2. The van der Waals surface area contributed by atoms with Gasteiger partial charge >= 0.3 is 5.97 Å². The highest BCUT2D eigenvalue weighted by atomic mass is 16.5. The first-order valence-corrected chi connectivity index (χ1v) is 7.76. The van der Waals surface area contributed by atoms with Crippen molar-refractivity contribution < 1.29 is 23.5 Å². The molecule has 0 saturated carbocycles. The number of carbonyl (C=O) groups excluding carboxylic acids is 3. The van der Waals surface area contributed by atoms with E-state index in [-0.39, 0.29) is 30.3 Å². The molecule has 2 amide bonds. The Labute approximate surface area is 145 Å². The van der Waals surface area contributed by atoms with E-state index < -0.39 is 5.97 Å². The first kappa shape index (κ1) is 18.3. The van der Waals surface area contributed by atoms with Crippen LogP contribution in [-0.2, 0) is 20.9 Å². The summed E-state index contributed by atoms with van der Waals surface area (Å²) in [6, 6.07) is 10.1. The minimum atomic E-state index is -0.529. The maximum atomic E-state index is 12.2. The van der Waals surface area contributed by atoms with Gasteiger partial charge in [0, 0.05) is 19.9 Å². The minimum Gasteiger partial charge on any atom is -0.467 e. The fourth-order valence-corrected chi connectivity index (χ4v) is 2.27. The second kappa shape index (κ2) is 8.68. The number of furan rings is 1. The van der Waals surface area contributed by atoms with Gasteiger partial charge in [-0.1, -0.05) is 12.1 Å². The van der Waals surface area contributed by atoms with Gasteiger partial charge in [0.2, 0.25) is 11.8 Å². The fraction of sp³-hybridized carbons (Fsp3) is 0.278. The molecule has 0 spiro atoms. The number of anilines is 1. The van der Waals surface area contributed by atoms with E-state index in [1.54, 1.807) is 36.4 Å². The lowest BCUT2D eigenvalue weighted by molar-refractivity contribution is -0.130. The molecule has 0 aliphatic rings. The second-order valence-corrected chi connectivity index (χ2v) is 5.36. The van der Waals surface area contributed by atoms with Crippen LogP contribution in [0, 0.1) is 0 Å². The zero-order valence-electron chi connectivity index (χ0n) is 14.2. The van der Waals surface area contributed by atoms with Crippen molar-refractivity contribution in [3.8, 4) is 0 Å². The first-order chi connectivity index (χ1) is 12.0. The van der Waals surface area contributed by atoms with Gasteiger partial charge in [-0.05, 0) is 24.3 Å². The molecule has 0 aliphatic heterocycles. The summed E-state index contributed by atoms with van der Waals surface area (Å²) in [5, 5.41) is 2.68. The van der Waals surface area contributed by atoms with Gasteiger partial charge in [0.25, 0.3) is 0 Å². The molecule has 1 aromatic carbocycles. The number of ether oxygens (including phenoxy) is 1. The molecule has 0 saturated heterocycles. The number of hydrogen-bond acceptors (Lipinski definition) is 5. The third-order valence-electron chi connectivity index (χ3n) is 3.59. The largest absolute Gasteiger partial charge is 0.467 e. The molecule has 0 bridgehead atoms. The Morgan fingerprint density at radius 1 is 1.16 bits per heavy atom. The number of nitrogens with zero attached hydrogens (tertiary/aromatic N) is 1. The van der Waals surface area contributed by atoms with Gasteiger partial charge in [-0.2, -0.15) is 0 Å². The first-order valence-electron chi connectivity index (χ1n) is 7.76. The number of esters is 1. The van der Waals surface area contributed by atoms with Crippen LogP contribution in [0.25, 0.3) is 0 Å². The zero-order chi connectivity index (χ0) is 18.2. The summed E-state index contributed by atoms with van der Waals surface area (Å²) >= 11 is 0. The number of rotatable bonds is 7. The highest BCUT2D eigenvalue weighted by Gasteiger charge is 2.16. The van der Waals surface area contributed by atoms with Crippen LogP contribution >= 0.6 is 0 Å². The topological polar surface area (TPSA) is 88.8 Å². The number of methoxy groups -OCH3 is 1. The number of hydrogen-bond donors (Lipinski definition) is 1. The summed E-state index contributed by atoms with van der Waals surface area (Å²) < 4.78 is 9.92. The monoisotopic (exact) mass is 344 g/mol. The van der Waals surface area contributed by atoms with Crippen molar-refractivity contribution in [1.82, 2.24) is 4.90 Å². The van der Waals surface area contributed by atoms with E-state index in [9.17, 15) is 14.4 Å². The standard InChI is InChI=1S/C18H20N2O5/c1-13(21)20(12-14-6-5-11-25-14)10-9-17(22)19-16-8-4-3-7-15(16)18(23)24-2/h3-8,11H,9-10,12H2,1-2H3,(H,19,22). The number of nitrogens with one attached hydrogen (secondary N) is 1. The minimum absolute atomic E-state index is 0.0931. The average Bonchev–Trinajstić information content (AvgIpc) is 3.11. The van der Waals surface area contributed by atoms with Crippen molar-refractivity contribution in [3.05, 3.63) is 54.0 Å². The van der Waals surface area contributed by atoms with E-state index in [4.69, 9.17) is 9.15 Å². The Bertz CT molecular complexity index is 740. The van der Waals surface area contributed by atoms with Crippen molar-refractivity contribution in [2.75, 3.05) is 19.0 Å². The van der Waals surface area contributed by atoms with Crippen LogP contribution in [0.15, 0.2) is 47.1 Å². The van der Waals surface area contributed by atoms with E-state index in [0.29, 0.717) is 18.0 Å². The lowest BCUT2D eigenvalue weighted by atomic mass is 10.1. The molecule has 2 aromatic rings. The molecule has 0 aliphatic carbocycles. The van der Waals surface area contributed by atoms with Crippen molar-refractivity contribution in [2.45, 2.75) is 19.9 Å². The molecular weight excluding hydrogens is 324 g/mol. The van der Waals surface area contributed by atoms with E-state index in [0.717, 1.165) is 0 Å². The van der Waals surface area contributed by atoms with Crippen LogP contribution in [0.3, 0.4) is 0 Å². The number of benzene rings is 1. The molecule has 1 heterocycles. The van der Waals surface area contributed by atoms with Gasteiger partial charge in [-0.25, -0.2) is 4.79 Å². The molecule has 1 N–H and O–H groups in total. The Morgan fingerprint density at radius 3 is 2.56 bits per heavy atom. The van der Waals surface area contributed by atoms with Crippen LogP contribution in [0.1, 0.15) is 29.5 Å². The molecule has 7 heteroatoms. The Morgan fingerprint density at radius 2 is 1.92 bits per heavy atom. The Balaban J connectivity index is 1.95. The summed E-state index contributed by atoms with van der Waals surface area (Å²) in [7, 11) is 1.28. The van der Waals surface area contributed by atoms with Crippen molar-refractivity contribution in [3.63, 3.8) is 0 Å². The quantitative estimate of drug-likeness (QED) is 0.779. The Kier molecular flexibility index (Phi) is 6.33. The summed E-state index contributed by atoms with van der Waals surface area (Å²) in [4.78, 5) is 37.1. The van der Waals surface area contributed by atoms with E-state index in [2.05, 4.69) is 5.32 Å². The molecule has 0 fully saturated rings. The van der Waals surface area contributed by atoms with Crippen molar-refractivity contribution >= 4 is 23.5 Å². The predicted octanol–water partition coefficient (Wildman–Crippen LogP) is 2.44. The number of para-hydroxylation sites is 1. The van der Waals surface area contributed by atoms with E-state index >= 15 is 0 Å². The molecular formula is C18H20N2O5. The molecule has 0 radical (unpaired) electrons. The fourth-order valence-electron chi connectivity index (χ4n) is 2.27. The van der Waals surface area contributed by atoms with Gasteiger partial charge in [-0.15, -0.1) is 0 Å². The van der Waals surface area contributed by atoms with Crippen LogP contribution < -0.4 is 5.32 Å². The summed E-state index contributed by atoms with van der Waals surface area (Å²) in [5.74, 6) is -0.341. The molecule has 0 unspecified atom stereocenters. The Hall–Kier alpha value is -3.09. The van der Waals surface area contributed by atoms with Crippen molar-refractivity contribution in [1.29, 1.82) is 0 Å². The van der Waals surface area contributed by atoms with Crippen LogP contribution in [-0.4, -0.2) is 36.3 Å². The lowest BCUT2D eigenvalue weighted by Crippen LogP contribution is -2.31.